The van der Waals surface area contributed by atoms with Gasteiger partial charge < -0.3 is 9.47 Å². The van der Waals surface area contributed by atoms with E-state index in [0.29, 0.717) is 30.0 Å². The van der Waals surface area contributed by atoms with Crippen LogP contribution in [0.15, 0.2) is 11.6 Å². The maximum absolute atomic E-state index is 12.5. The van der Waals surface area contributed by atoms with Crippen LogP contribution in [0, 0.1) is 34.5 Å². The van der Waals surface area contributed by atoms with E-state index in [9.17, 15) is 9.59 Å². The van der Waals surface area contributed by atoms with Gasteiger partial charge in [0.05, 0.1) is 6.10 Å². The number of hydrogen-bond acceptors (Lipinski definition) is 4. The second-order valence-electron chi connectivity index (χ2n) is 11.3. The van der Waals surface area contributed by atoms with E-state index in [1.807, 2.05) is 6.08 Å². The van der Waals surface area contributed by atoms with Crippen LogP contribution in [-0.2, 0) is 19.1 Å². The van der Waals surface area contributed by atoms with Crippen LogP contribution in [0.1, 0.15) is 85.0 Å². The average Bonchev–Trinajstić information content (AvgIpc) is 3.07. The third kappa shape index (κ3) is 3.16. The highest BCUT2D eigenvalue weighted by atomic mass is 16.7. The molecule has 0 amide bonds. The lowest BCUT2D eigenvalue weighted by molar-refractivity contribution is -0.227. The van der Waals surface area contributed by atoms with Gasteiger partial charge in [0.1, 0.15) is 5.78 Å². The summed E-state index contributed by atoms with van der Waals surface area (Å²) >= 11 is 0. The van der Waals surface area contributed by atoms with Crippen LogP contribution in [0.2, 0.25) is 0 Å². The molecular weight excluding hydrogens is 376 g/mol. The molecule has 3 saturated carbocycles. The number of hydrogen-bond donors (Lipinski definition) is 0. The molecule has 4 aliphatic carbocycles. The zero-order valence-electron chi connectivity index (χ0n) is 19.0. The van der Waals surface area contributed by atoms with E-state index in [4.69, 9.17) is 9.47 Å². The van der Waals surface area contributed by atoms with Gasteiger partial charge in [-0.05, 0) is 99.4 Å². The molecule has 5 aliphatic rings. The second-order valence-corrected chi connectivity index (χ2v) is 11.3. The molecule has 0 radical (unpaired) electrons. The monoisotopic (exact) mass is 414 g/mol. The maximum Gasteiger partial charge on any atom is 0.157 e. The predicted octanol–water partition coefficient (Wildman–Crippen LogP) is 5.25. The highest BCUT2D eigenvalue weighted by Crippen LogP contribution is 2.67. The van der Waals surface area contributed by atoms with Gasteiger partial charge in [0.25, 0.3) is 0 Å². The molecular formula is C26H38O4. The molecule has 4 nitrogen and oxygen atoms in total. The van der Waals surface area contributed by atoms with Gasteiger partial charge in [-0.1, -0.05) is 19.4 Å². The molecule has 5 rings (SSSR count). The fourth-order valence-corrected chi connectivity index (χ4v) is 8.32. The Morgan fingerprint density at radius 3 is 2.67 bits per heavy atom. The number of ketones is 2. The molecule has 6 unspecified atom stereocenters. The molecule has 0 aromatic rings. The predicted molar refractivity (Wildman–Crippen MR) is 115 cm³/mol. The molecule has 166 valence electrons. The summed E-state index contributed by atoms with van der Waals surface area (Å²) in [5.41, 5.74) is 1.54. The average molecular weight is 415 g/mol. The fourth-order valence-electron chi connectivity index (χ4n) is 8.32. The Labute approximate surface area is 181 Å². The minimum atomic E-state index is -0.105. The van der Waals surface area contributed by atoms with Gasteiger partial charge in [-0.25, -0.2) is 0 Å². The molecule has 4 heteroatoms. The van der Waals surface area contributed by atoms with Crippen molar-refractivity contribution in [3.63, 3.8) is 0 Å². The molecule has 0 spiro atoms. The zero-order chi connectivity index (χ0) is 21.1. The Morgan fingerprint density at radius 1 is 1.10 bits per heavy atom. The van der Waals surface area contributed by atoms with Crippen molar-refractivity contribution in [2.45, 2.75) is 97.4 Å². The van der Waals surface area contributed by atoms with Gasteiger partial charge in [0.2, 0.25) is 0 Å². The van der Waals surface area contributed by atoms with Crippen LogP contribution < -0.4 is 0 Å². The largest absolute Gasteiger partial charge is 0.353 e. The summed E-state index contributed by atoms with van der Waals surface area (Å²) < 4.78 is 12.7. The van der Waals surface area contributed by atoms with Crippen molar-refractivity contribution in [2.24, 2.45) is 34.5 Å². The van der Waals surface area contributed by atoms with Crippen LogP contribution in [-0.4, -0.2) is 30.6 Å². The van der Waals surface area contributed by atoms with Gasteiger partial charge in [-0.2, -0.15) is 0 Å². The first-order chi connectivity index (χ1) is 14.3. The molecule has 30 heavy (non-hydrogen) atoms. The van der Waals surface area contributed by atoms with E-state index in [1.165, 1.54) is 5.57 Å². The van der Waals surface area contributed by atoms with Gasteiger partial charge in [0.15, 0.2) is 12.1 Å². The molecule has 1 heterocycles. The minimum absolute atomic E-state index is 0.101. The van der Waals surface area contributed by atoms with Crippen molar-refractivity contribution in [1.82, 2.24) is 0 Å². The summed E-state index contributed by atoms with van der Waals surface area (Å²) in [6.45, 7) is 7.39. The molecule has 0 N–H and O–H groups in total. The Bertz CT molecular complexity index is 750. The Kier molecular flexibility index (Phi) is 5.25. The van der Waals surface area contributed by atoms with Crippen molar-refractivity contribution in [2.75, 3.05) is 6.61 Å². The van der Waals surface area contributed by atoms with E-state index >= 15 is 0 Å². The van der Waals surface area contributed by atoms with Gasteiger partial charge in [-0.15, -0.1) is 0 Å². The molecule has 0 aromatic heterocycles. The standard InChI is InChI=1S/C26H38O4/c1-16(27)19-7-8-20-24-21(10-12-26(19,20)3)25(2)11-9-18(28)14-17(25)15-22(24)30-23-6-4-5-13-29-23/h14,19-24H,4-13,15H2,1-3H3/t19?,20?,21?,22?,23?,24?,25-,26+/m0/s1. The van der Waals surface area contributed by atoms with Gasteiger partial charge >= 0.3 is 0 Å². The highest BCUT2D eigenvalue weighted by molar-refractivity contribution is 5.91. The third-order valence-corrected chi connectivity index (χ3v) is 9.92. The van der Waals surface area contributed by atoms with Crippen LogP contribution in [0.3, 0.4) is 0 Å². The number of fused-ring (bicyclic) bond motifs is 5. The minimum Gasteiger partial charge on any atom is -0.353 e. The third-order valence-electron chi connectivity index (χ3n) is 9.92. The molecule has 1 saturated heterocycles. The SMILES string of the molecule is CC(=O)C1CCC2C3C(OC4CCCCO4)CC4=CC(=O)CC[C@]4(C)C3CC[C@]12C. The summed E-state index contributed by atoms with van der Waals surface area (Å²) in [4.78, 5) is 24.8. The molecule has 8 atom stereocenters. The lowest BCUT2D eigenvalue weighted by atomic mass is 9.46. The number of carbonyl (C=O) groups excluding carboxylic acids is 2. The van der Waals surface area contributed by atoms with Crippen molar-refractivity contribution >= 4 is 11.6 Å². The Balaban J connectivity index is 1.51. The van der Waals surface area contributed by atoms with Crippen LogP contribution >= 0.6 is 0 Å². The first-order valence-electron chi connectivity index (χ1n) is 12.3. The van der Waals surface area contributed by atoms with Crippen molar-refractivity contribution < 1.29 is 19.1 Å². The quantitative estimate of drug-likeness (QED) is 0.633. The van der Waals surface area contributed by atoms with E-state index in [1.54, 1.807) is 6.92 Å². The summed E-state index contributed by atoms with van der Waals surface area (Å²) in [5.74, 6) is 2.41. The second kappa shape index (κ2) is 7.55. The van der Waals surface area contributed by atoms with E-state index < -0.39 is 0 Å². The molecule has 0 bridgehead atoms. The van der Waals surface area contributed by atoms with Crippen molar-refractivity contribution in [3.05, 3.63) is 11.6 Å². The topological polar surface area (TPSA) is 52.6 Å². The first-order valence-corrected chi connectivity index (χ1v) is 12.3. The first kappa shape index (κ1) is 20.9. The molecule has 0 aromatic carbocycles. The van der Waals surface area contributed by atoms with Crippen molar-refractivity contribution in [1.29, 1.82) is 0 Å². The lowest BCUT2D eigenvalue weighted by Gasteiger charge is -2.60. The van der Waals surface area contributed by atoms with E-state index in [0.717, 1.165) is 64.4 Å². The number of carbonyl (C=O) groups is 2. The van der Waals surface area contributed by atoms with E-state index in [-0.39, 0.29) is 34.9 Å². The summed E-state index contributed by atoms with van der Waals surface area (Å²) in [6, 6.07) is 0. The number of ether oxygens (including phenoxy) is 2. The maximum atomic E-state index is 12.5. The molecule has 1 aliphatic heterocycles. The van der Waals surface area contributed by atoms with Crippen LogP contribution in [0.5, 0.6) is 0 Å². The van der Waals surface area contributed by atoms with Gasteiger partial charge in [-0.3, -0.25) is 9.59 Å². The fraction of sp³-hybridized carbons (Fsp3) is 0.846. The van der Waals surface area contributed by atoms with Gasteiger partial charge in [0, 0.05) is 18.9 Å². The number of rotatable bonds is 3. The van der Waals surface area contributed by atoms with Crippen molar-refractivity contribution in [3.8, 4) is 0 Å². The smallest absolute Gasteiger partial charge is 0.157 e. The summed E-state index contributed by atoms with van der Waals surface area (Å²) in [6.07, 6.45) is 12.2. The van der Waals surface area contributed by atoms with Crippen LogP contribution in [0.25, 0.3) is 0 Å². The molecule has 4 fully saturated rings. The van der Waals surface area contributed by atoms with Crippen LogP contribution in [0.4, 0.5) is 0 Å². The zero-order valence-corrected chi connectivity index (χ0v) is 19.0. The normalized spacial score (nSPS) is 48.4. The highest BCUT2D eigenvalue weighted by Gasteiger charge is 2.62. The Morgan fingerprint density at radius 2 is 1.93 bits per heavy atom. The number of Topliss-reactive ketones (excluding diaryl/α,β-unsaturated/α-hetero) is 1. The summed E-state index contributed by atoms with van der Waals surface area (Å²) in [5, 5.41) is 0. The van der Waals surface area contributed by atoms with E-state index in [2.05, 4.69) is 13.8 Å². The lowest BCUT2D eigenvalue weighted by Crippen LogP contribution is -2.57. The summed E-state index contributed by atoms with van der Waals surface area (Å²) in [7, 11) is 0. The Hall–Kier alpha value is -1.00.